The van der Waals surface area contributed by atoms with Crippen molar-refractivity contribution in [3.05, 3.63) is 35.9 Å². The molecule has 0 aliphatic heterocycles. The van der Waals surface area contributed by atoms with Crippen LogP contribution in [0.3, 0.4) is 0 Å². The van der Waals surface area contributed by atoms with Gasteiger partial charge in [-0.1, -0.05) is 0 Å². The fourth-order valence-electron chi connectivity index (χ4n) is 1.45. The number of hydrogen-bond acceptors (Lipinski definition) is 4. The van der Waals surface area contributed by atoms with E-state index in [4.69, 9.17) is 9.47 Å². The average molecular weight is 263 g/mol. The lowest BCUT2D eigenvalue weighted by Gasteiger charge is -2.09. The molecule has 0 aliphatic rings. The van der Waals surface area contributed by atoms with E-state index in [0.29, 0.717) is 17.0 Å². The van der Waals surface area contributed by atoms with Crippen LogP contribution in [0.1, 0.15) is 19.4 Å². The fraction of sp³-hybridized carbons (Fsp3) is 0.286. The van der Waals surface area contributed by atoms with Gasteiger partial charge in [-0.3, -0.25) is 4.79 Å². The molecule has 0 spiro atoms. The van der Waals surface area contributed by atoms with Crippen LogP contribution in [0.15, 0.2) is 30.3 Å². The van der Waals surface area contributed by atoms with Crippen LogP contribution in [-0.2, 0) is 14.3 Å². The van der Waals surface area contributed by atoms with Gasteiger partial charge in [0.05, 0.1) is 19.4 Å². The van der Waals surface area contributed by atoms with Crippen LogP contribution < -0.4 is 10.1 Å². The molecule has 0 aromatic heterocycles. The van der Waals surface area contributed by atoms with Crippen LogP contribution in [0.2, 0.25) is 0 Å². The first-order chi connectivity index (χ1) is 9.06. The molecule has 0 saturated heterocycles. The first-order valence-corrected chi connectivity index (χ1v) is 5.87. The van der Waals surface area contributed by atoms with E-state index in [0.717, 1.165) is 0 Å². The molecule has 0 atom stereocenters. The Balaban J connectivity index is 3.01. The molecule has 5 nitrogen and oxygen atoms in total. The Kier molecular flexibility index (Phi) is 5.60. The molecule has 1 rings (SSSR count). The molecule has 1 aromatic rings. The number of amides is 1. The van der Waals surface area contributed by atoms with Gasteiger partial charge in [0.2, 0.25) is 5.91 Å². The second kappa shape index (κ2) is 7.20. The zero-order valence-corrected chi connectivity index (χ0v) is 11.2. The van der Waals surface area contributed by atoms with E-state index in [1.807, 2.05) is 0 Å². The smallest absolute Gasteiger partial charge is 0.332 e. The van der Waals surface area contributed by atoms with E-state index in [1.165, 1.54) is 13.0 Å². The van der Waals surface area contributed by atoms with Gasteiger partial charge >= 0.3 is 5.97 Å². The van der Waals surface area contributed by atoms with Crippen molar-refractivity contribution in [1.82, 2.24) is 5.32 Å². The number of benzene rings is 1. The maximum absolute atomic E-state index is 11.5. The molecule has 1 aromatic carbocycles. The van der Waals surface area contributed by atoms with E-state index in [9.17, 15) is 9.59 Å². The molecule has 0 fully saturated rings. The van der Waals surface area contributed by atoms with E-state index >= 15 is 0 Å². The quantitative estimate of drug-likeness (QED) is 0.649. The number of rotatable bonds is 5. The highest BCUT2D eigenvalue weighted by molar-refractivity contribution is 5.95. The summed E-state index contributed by atoms with van der Waals surface area (Å²) in [5, 5.41) is 2.60. The number of hydrogen-bond donors (Lipinski definition) is 1. The van der Waals surface area contributed by atoms with E-state index in [1.54, 1.807) is 38.3 Å². The van der Waals surface area contributed by atoms with Gasteiger partial charge in [-0.15, -0.1) is 0 Å². The predicted octanol–water partition coefficient (Wildman–Crippen LogP) is 1.74. The van der Waals surface area contributed by atoms with Crippen LogP contribution in [0.4, 0.5) is 0 Å². The zero-order valence-electron chi connectivity index (χ0n) is 11.2. The third-order valence-corrected chi connectivity index (χ3v) is 2.26. The maximum Gasteiger partial charge on any atom is 0.332 e. The van der Waals surface area contributed by atoms with Gasteiger partial charge in [0.25, 0.3) is 0 Å². The first-order valence-electron chi connectivity index (χ1n) is 5.87. The summed E-state index contributed by atoms with van der Waals surface area (Å²) in [5.74, 6) is -0.0597. The minimum atomic E-state index is -0.498. The number of ether oxygens (including phenoxy) is 2. The van der Waals surface area contributed by atoms with E-state index in [2.05, 4.69) is 5.32 Å². The van der Waals surface area contributed by atoms with Crippen molar-refractivity contribution in [3.8, 4) is 5.75 Å². The predicted molar refractivity (Wildman–Crippen MR) is 71.4 cm³/mol. The molecule has 1 amide bonds. The Morgan fingerprint density at radius 2 is 1.89 bits per heavy atom. The van der Waals surface area contributed by atoms with Gasteiger partial charge in [-0.25, -0.2) is 4.79 Å². The number of carbonyl (C=O) groups excluding carboxylic acids is 2. The summed E-state index contributed by atoms with van der Waals surface area (Å²) in [6, 6.07) is 6.99. The lowest BCUT2D eigenvalue weighted by atomic mass is 10.1. The van der Waals surface area contributed by atoms with Gasteiger partial charge in [0.1, 0.15) is 5.75 Å². The molecule has 0 saturated carbocycles. The molecule has 0 aliphatic carbocycles. The van der Waals surface area contributed by atoms with Crippen molar-refractivity contribution in [2.75, 3.05) is 13.7 Å². The minimum absolute atomic E-state index is 0.258. The van der Waals surface area contributed by atoms with Crippen molar-refractivity contribution in [2.24, 2.45) is 0 Å². The first kappa shape index (κ1) is 14.8. The van der Waals surface area contributed by atoms with E-state index < -0.39 is 5.97 Å². The van der Waals surface area contributed by atoms with Gasteiger partial charge in [-0.05, 0) is 36.8 Å². The highest BCUT2D eigenvalue weighted by Gasteiger charge is 2.07. The van der Waals surface area contributed by atoms with Crippen molar-refractivity contribution in [3.63, 3.8) is 0 Å². The van der Waals surface area contributed by atoms with Gasteiger partial charge in [0, 0.05) is 13.0 Å². The molecule has 102 valence electrons. The molecule has 1 N–H and O–H groups in total. The highest BCUT2D eigenvalue weighted by Crippen LogP contribution is 2.17. The molecule has 19 heavy (non-hydrogen) atoms. The van der Waals surface area contributed by atoms with Crippen molar-refractivity contribution in [2.45, 2.75) is 13.8 Å². The second-order valence-corrected chi connectivity index (χ2v) is 3.72. The molecule has 5 heteroatoms. The largest absolute Gasteiger partial charge is 0.497 e. The van der Waals surface area contributed by atoms with Crippen LogP contribution in [0, 0.1) is 0 Å². The SMILES string of the molecule is CCOC(=O)/C=C(\NC(C)=O)c1ccc(OC)cc1. The summed E-state index contributed by atoms with van der Waals surface area (Å²) in [6.07, 6.45) is 1.26. The average Bonchev–Trinajstić information content (AvgIpc) is 2.38. The monoisotopic (exact) mass is 263 g/mol. The molecule has 0 bridgehead atoms. The summed E-state index contributed by atoms with van der Waals surface area (Å²) in [6.45, 7) is 3.38. The molecular formula is C14H17NO4. The summed E-state index contributed by atoms with van der Waals surface area (Å²) >= 11 is 0. The summed E-state index contributed by atoms with van der Waals surface area (Å²) in [4.78, 5) is 22.6. The number of esters is 1. The van der Waals surface area contributed by atoms with Gasteiger partial charge in [-0.2, -0.15) is 0 Å². The Labute approximate surface area is 112 Å². The third-order valence-electron chi connectivity index (χ3n) is 2.26. The Morgan fingerprint density at radius 1 is 1.26 bits per heavy atom. The number of nitrogens with one attached hydrogen (secondary N) is 1. The maximum atomic E-state index is 11.5. The van der Waals surface area contributed by atoms with Crippen LogP contribution in [0.5, 0.6) is 5.75 Å². The lowest BCUT2D eigenvalue weighted by molar-refractivity contribution is -0.137. The van der Waals surface area contributed by atoms with Crippen molar-refractivity contribution >= 4 is 17.6 Å². The normalized spacial score (nSPS) is 10.8. The molecule has 0 radical (unpaired) electrons. The van der Waals surface area contributed by atoms with Crippen molar-refractivity contribution < 1.29 is 19.1 Å². The molecule has 0 unspecified atom stereocenters. The molecule has 0 heterocycles. The van der Waals surface area contributed by atoms with Crippen molar-refractivity contribution in [1.29, 1.82) is 0 Å². The fourth-order valence-corrected chi connectivity index (χ4v) is 1.45. The minimum Gasteiger partial charge on any atom is -0.497 e. The standard InChI is InChI=1S/C14H17NO4/c1-4-19-14(17)9-13(15-10(2)16)11-5-7-12(18-3)8-6-11/h5-9H,4H2,1-3H3,(H,15,16)/b13-9-. The number of methoxy groups -OCH3 is 1. The Morgan fingerprint density at radius 3 is 2.37 bits per heavy atom. The summed E-state index contributed by atoms with van der Waals surface area (Å²) in [7, 11) is 1.57. The third kappa shape index (κ3) is 4.83. The Hall–Kier alpha value is -2.30. The van der Waals surface area contributed by atoms with Crippen LogP contribution in [0.25, 0.3) is 5.70 Å². The highest BCUT2D eigenvalue weighted by atomic mass is 16.5. The number of carbonyl (C=O) groups is 2. The van der Waals surface area contributed by atoms with E-state index in [-0.39, 0.29) is 12.5 Å². The van der Waals surface area contributed by atoms with Crippen LogP contribution in [-0.4, -0.2) is 25.6 Å². The van der Waals surface area contributed by atoms with Gasteiger partial charge in [0.15, 0.2) is 0 Å². The second-order valence-electron chi connectivity index (χ2n) is 3.72. The Bertz CT molecular complexity index is 477. The topological polar surface area (TPSA) is 64.6 Å². The van der Waals surface area contributed by atoms with Gasteiger partial charge < -0.3 is 14.8 Å². The van der Waals surface area contributed by atoms with Crippen LogP contribution >= 0.6 is 0 Å². The zero-order chi connectivity index (χ0) is 14.3. The summed E-state index contributed by atoms with van der Waals surface area (Å²) in [5.41, 5.74) is 1.10. The molecular weight excluding hydrogens is 246 g/mol. The lowest BCUT2D eigenvalue weighted by Crippen LogP contribution is -2.19. The summed E-state index contributed by atoms with van der Waals surface area (Å²) < 4.78 is 9.88.